The molecular formula is C17H33Cl3F2N4O2. The van der Waals surface area contributed by atoms with Crippen molar-refractivity contribution in [1.29, 1.82) is 0 Å². The van der Waals surface area contributed by atoms with Crippen LogP contribution in [0.25, 0.3) is 0 Å². The first-order chi connectivity index (χ1) is 11.8. The van der Waals surface area contributed by atoms with Crippen LogP contribution in [0.2, 0.25) is 0 Å². The lowest BCUT2D eigenvalue weighted by atomic mass is 10.1. The fourth-order valence-electron chi connectivity index (χ4n) is 3.87. The summed E-state index contributed by atoms with van der Waals surface area (Å²) in [5.41, 5.74) is 0. The highest BCUT2D eigenvalue weighted by Crippen LogP contribution is 2.26. The van der Waals surface area contributed by atoms with Crippen LogP contribution in [0.4, 0.5) is 8.78 Å². The van der Waals surface area contributed by atoms with Gasteiger partial charge >= 0.3 is 0 Å². The molecule has 11 heteroatoms. The van der Waals surface area contributed by atoms with E-state index in [1.165, 1.54) is 0 Å². The lowest BCUT2D eigenvalue weighted by Crippen LogP contribution is -2.56. The molecule has 2 atom stereocenters. The zero-order chi connectivity index (χ0) is 18.0. The van der Waals surface area contributed by atoms with Crippen molar-refractivity contribution < 1.29 is 18.3 Å². The summed E-state index contributed by atoms with van der Waals surface area (Å²) in [7, 11) is 0. The molecule has 168 valence electrons. The topological polar surface area (TPSA) is 48.1 Å². The van der Waals surface area contributed by atoms with Gasteiger partial charge in [-0.25, -0.2) is 8.78 Å². The monoisotopic (exact) mass is 468 g/mol. The van der Waals surface area contributed by atoms with E-state index >= 15 is 0 Å². The van der Waals surface area contributed by atoms with Gasteiger partial charge in [0.25, 0.3) is 5.92 Å². The van der Waals surface area contributed by atoms with Crippen molar-refractivity contribution in [2.75, 3.05) is 59.0 Å². The van der Waals surface area contributed by atoms with E-state index in [0.717, 1.165) is 39.3 Å². The van der Waals surface area contributed by atoms with Crippen LogP contribution in [0, 0.1) is 0 Å². The Bertz CT molecular complexity index is 483. The lowest BCUT2D eigenvalue weighted by Gasteiger charge is -2.40. The molecule has 2 unspecified atom stereocenters. The van der Waals surface area contributed by atoms with E-state index in [1.807, 2.05) is 0 Å². The SMILES string of the molecule is CC(C)N1CCOC(CN2CCN(C(=O)C3CC(F)(F)CN3)CC2)C1.Cl.Cl.Cl. The van der Waals surface area contributed by atoms with Gasteiger partial charge in [0.1, 0.15) is 0 Å². The van der Waals surface area contributed by atoms with Crippen molar-refractivity contribution in [3.63, 3.8) is 0 Å². The van der Waals surface area contributed by atoms with E-state index in [-0.39, 0.29) is 55.7 Å². The zero-order valence-corrected chi connectivity index (χ0v) is 18.9. The summed E-state index contributed by atoms with van der Waals surface area (Å²) >= 11 is 0. The van der Waals surface area contributed by atoms with Crippen LogP contribution in [-0.2, 0) is 9.53 Å². The number of halogens is 5. The molecule has 3 saturated heterocycles. The second-order valence-corrected chi connectivity index (χ2v) is 7.70. The van der Waals surface area contributed by atoms with Crippen LogP contribution in [0.3, 0.4) is 0 Å². The highest BCUT2D eigenvalue weighted by atomic mass is 35.5. The van der Waals surface area contributed by atoms with Gasteiger partial charge in [0.05, 0.1) is 25.3 Å². The Labute approximate surface area is 184 Å². The minimum Gasteiger partial charge on any atom is -0.374 e. The number of rotatable bonds is 4. The zero-order valence-electron chi connectivity index (χ0n) is 16.4. The maximum atomic E-state index is 13.3. The molecule has 1 N–H and O–H groups in total. The molecule has 0 radical (unpaired) electrons. The first-order valence-corrected chi connectivity index (χ1v) is 9.32. The second kappa shape index (κ2) is 12.0. The van der Waals surface area contributed by atoms with Crippen LogP contribution >= 0.6 is 37.2 Å². The van der Waals surface area contributed by atoms with Gasteiger partial charge in [-0.05, 0) is 13.8 Å². The summed E-state index contributed by atoms with van der Waals surface area (Å²) in [4.78, 5) is 18.8. The maximum absolute atomic E-state index is 13.3. The van der Waals surface area contributed by atoms with E-state index in [9.17, 15) is 13.6 Å². The minimum atomic E-state index is -2.76. The Hall–Kier alpha value is 0.0400. The number of carbonyl (C=O) groups excluding carboxylic acids is 1. The van der Waals surface area contributed by atoms with Crippen LogP contribution in [-0.4, -0.2) is 104 Å². The third-order valence-corrected chi connectivity index (χ3v) is 5.45. The summed E-state index contributed by atoms with van der Waals surface area (Å²) in [5.74, 6) is -2.94. The summed E-state index contributed by atoms with van der Waals surface area (Å²) in [6.45, 7) is 10.3. The van der Waals surface area contributed by atoms with Crippen molar-refractivity contribution >= 4 is 43.1 Å². The standard InChI is InChI=1S/C17H30F2N4O2.3ClH/c1-13(2)23-7-8-25-14(11-23)10-21-3-5-22(6-4-21)16(24)15-9-17(18,19)12-20-15;;;/h13-15,20H,3-12H2,1-2H3;3*1H. The molecule has 0 aromatic carbocycles. The highest BCUT2D eigenvalue weighted by Gasteiger charge is 2.43. The second-order valence-electron chi connectivity index (χ2n) is 7.70. The molecule has 1 amide bonds. The lowest BCUT2D eigenvalue weighted by molar-refractivity contribution is -0.136. The predicted octanol–water partition coefficient (Wildman–Crippen LogP) is 1.50. The summed E-state index contributed by atoms with van der Waals surface area (Å²) in [6.07, 6.45) is -0.180. The number of hydrogen-bond acceptors (Lipinski definition) is 5. The Kier molecular flexibility index (Phi) is 12.0. The van der Waals surface area contributed by atoms with Gasteiger partial charge in [-0.1, -0.05) is 0 Å². The van der Waals surface area contributed by atoms with Crippen LogP contribution in [0.1, 0.15) is 20.3 Å². The average molecular weight is 470 g/mol. The Morgan fingerprint density at radius 1 is 1.14 bits per heavy atom. The number of nitrogens with zero attached hydrogens (tertiary/aromatic N) is 3. The van der Waals surface area contributed by atoms with E-state index in [1.54, 1.807) is 4.90 Å². The van der Waals surface area contributed by atoms with Crippen molar-refractivity contribution in [1.82, 2.24) is 20.0 Å². The fraction of sp³-hybridized carbons (Fsp3) is 0.941. The molecule has 0 aromatic rings. The molecule has 3 fully saturated rings. The van der Waals surface area contributed by atoms with Crippen molar-refractivity contribution in [3.05, 3.63) is 0 Å². The van der Waals surface area contributed by atoms with Crippen molar-refractivity contribution in [3.8, 4) is 0 Å². The average Bonchev–Trinajstić information content (AvgIpc) is 2.95. The fourth-order valence-corrected chi connectivity index (χ4v) is 3.87. The Morgan fingerprint density at radius 2 is 1.79 bits per heavy atom. The molecule has 0 aliphatic carbocycles. The number of carbonyl (C=O) groups is 1. The molecule has 0 spiro atoms. The summed E-state index contributed by atoms with van der Waals surface area (Å²) in [5, 5.41) is 2.66. The normalized spacial score (nSPS) is 28.2. The van der Waals surface area contributed by atoms with Gasteiger partial charge in [-0.3, -0.25) is 19.9 Å². The number of alkyl halides is 2. The highest BCUT2D eigenvalue weighted by molar-refractivity contribution is 5.86. The predicted molar refractivity (Wildman–Crippen MR) is 113 cm³/mol. The van der Waals surface area contributed by atoms with Gasteiger partial charge in [-0.2, -0.15) is 0 Å². The van der Waals surface area contributed by atoms with Gasteiger partial charge in [0.15, 0.2) is 0 Å². The molecule has 0 saturated carbocycles. The molecule has 0 bridgehead atoms. The molecular weight excluding hydrogens is 437 g/mol. The Morgan fingerprint density at radius 3 is 2.32 bits per heavy atom. The Balaban J connectivity index is 0.00000243. The molecule has 28 heavy (non-hydrogen) atoms. The molecule has 3 rings (SSSR count). The number of morpholine rings is 1. The van der Waals surface area contributed by atoms with E-state index in [0.29, 0.717) is 19.1 Å². The quantitative estimate of drug-likeness (QED) is 0.676. The third-order valence-electron chi connectivity index (χ3n) is 5.45. The maximum Gasteiger partial charge on any atom is 0.262 e. The summed E-state index contributed by atoms with van der Waals surface area (Å²) in [6, 6.07) is -0.208. The minimum absolute atomic E-state index is 0. The third kappa shape index (κ3) is 7.38. The van der Waals surface area contributed by atoms with E-state index < -0.39 is 18.5 Å². The van der Waals surface area contributed by atoms with Crippen LogP contribution in [0.15, 0.2) is 0 Å². The van der Waals surface area contributed by atoms with Gasteiger partial charge < -0.3 is 9.64 Å². The van der Waals surface area contributed by atoms with Gasteiger partial charge in [0, 0.05) is 58.3 Å². The number of hydrogen-bond donors (Lipinski definition) is 1. The van der Waals surface area contributed by atoms with Crippen molar-refractivity contribution in [2.45, 2.75) is 44.4 Å². The molecule has 3 aliphatic rings. The number of nitrogens with one attached hydrogen (secondary N) is 1. The molecule has 3 aliphatic heterocycles. The molecule has 3 heterocycles. The number of amides is 1. The number of piperazine rings is 1. The van der Waals surface area contributed by atoms with Crippen LogP contribution < -0.4 is 5.32 Å². The molecule has 6 nitrogen and oxygen atoms in total. The van der Waals surface area contributed by atoms with Crippen LogP contribution in [0.5, 0.6) is 0 Å². The number of ether oxygens (including phenoxy) is 1. The molecule has 0 aromatic heterocycles. The smallest absolute Gasteiger partial charge is 0.262 e. The largest absolute Gasteiger partial charge is 0.374 e. The van der Waals surface area contributed by atoms with Gasteiger partial charge in [-0.15, -0.1) is 37.2 Å². The summed E-state index contributed by atoms with van der Waals surface area (Å²) < 4.78 is 32.4. The van der Waals surface area contributed by atoms with E-state index in [4.69, 9.17) is 4.74 Å². The van der Waals surface area contributed by atoms with Gasteiger partial charge in [0.2, 0.25) is 5.91 Å². The van der Waals surface area contributed by atoms with E-state index in [2.05, 4.69) is 29.0 Å². The first-order valence-electron chi connectivity index (χ1n) is 9.32. The van der Waals surface area contributed by atoms with Crippen molar-refractivity contribution in [2.24, 2.45) is 0 Å². The first kappa shape index (κ1) is 28.0.